The Kier molecular flexibility index (Phi) is 8.50. The van der Waals surface area contributed by atoms with Crippen LogP contribution in [0.3, 0.4) is 0 Å². The Morgan fingerprint density at radius 3 is 2.33 bits per heavy atom. The van der Waals surface area contributed by atoms with E-state index in [9.17, 15) is 22.8 Å². The first-order valence-electron chi connectivity index (χ1n) is 12.1. The molecule has 0 radical (unpaired) electrons. The molecule has 0 saturated heterocycles. The highest BCUT2D eigenvalue weighted by atomic mass is 19.4. The lowest BCUT2D eigenvalue weighted by Gasteiger charge is -2.18. The van der Waals surface area contributed by atoms with Crippen LogP contribution in [-0.4, -0.2) is 41.7 Å². The molecular weight excluding hydrogens is 515 g/mol. The standard InChI is InChI=1S/C26H25N3O3.C2HF3O2/c30-25-16-32-24-11-6-18(12-23(24)29-25)15-27-22-13-21(22)19-7-9-20(10-8-19)26(31)28-14-17-4-2-1-3-5-17;3-2(4,5)1(6)7/h1-12,21-22,27H,13-16H2,(H,28,31)(H,29,30);(H,6,7)/t21-,22+;/m0./s1. The van der Waals surface area contributed by atoms with E-state index in [1.807, 2.05) is 60.7 Å². The first-order valence-corrected chi connectivity index (χ1v) is 12.1. The molecule has 39 heavy (non-hydrogen) atoms. The number of hydrogen-bond donors (Lipinski definition) is 4. The molecule has 11 heteroatoms. The van der Waals surface area contributed by atoms with Gasteiger partial charge >= 0.3 is 12.1 Å². The van der Waals surface area contributed by atoms with Crippen LogP contribution in [0, 0.1) is 0 Å². The fourth-order valence-electron chi connectivity index (χ4n) is 4.04. The number of carboxylic acids is 1. The second kappa shape index (κ2) is 12.0. The van der Waals surface area contributed by atoms with Crippen LogP contribution in [-0.2, 0) is 22.7 Å². The molecule has 2 atom stereocenters. The van der Waals surface area contributed by atoms with Crippen LogP contribution in [0.25, 0.3) is 0 Å². The van der Waals surface area contributed by atoms with Crippen LogP contribution in [0.2, 0.25) is 0 Å². The number of rotatable bonds is 7. The average molecular weight is 542 g/mol. The third kappa shape index (κ3) is 7.81. The molecule has 1 saturated carbocycles. The van der Waals surface area contributed by atoms with Crippen molar-refractivity contribution in [1.82, 2.24) is 10.6 Å². The van der Waals surface area contributed by atoms with Crippen LogP contribution in [0.5, 0.6) is 5.75 Å². The van der Waals surface area contributed by atoms with Gasteiger partial charge in [0.2, 0.25) is 0 Å². The second-order valence-corrected chi connectivity index (χ2v) is 9.09. The summed E-state index contributed by atoms with van der Waals surface area (Å²) in [5.41, 5.74) is 4.83. The summed E-state index contributed by atoms with van der Waals surface area (Å²) in [7, 11) is 0. The summed E-state index contributed by atoms with van der Waals surface area (Å²) >= 11 is 0. The number of amides is 2. The number of ether oxygens (including phenoxy) is 1. The number of carbonyl (C=O) groups is 3. The Hall–Kier alpha value is -4.38. The summed E-state index contributed by atoms with van der Waals surface area (Å²) in [5.74, 6) is -1.77. The lowest BCUT2D eigenvalue weighted by Crippen LogP contribution is -2.25. The van der Waals surface area contributed by atoms with Crippen LogP contribution in [0.15, 0.2) is 72.8 Å². The smallest absolute Gasteiger partial charge is 0.482 e. The minimum absolute atomic E-state index is 0.0608. The fraction of sp³-hybridized carbons (Fsp3) is 0.250. The summed E-state index contributed by atoms with van der Waals surface area (Å²) in [5, 5.41) is 16.5. The van der Waals surface area contributed by atoms with E-state index in [0.29, 0.717) is 29.8 Å². The number of hydrogen-bond acceptors (Lipinski definition) is 5. The summed E-state index contributed by atoms with van der Waals surface area (Å²) < 4.78 is 37.1. The van der Waals surface area contributed by atoms with E-state index >= 15 is 0 Å². The number of carboxylic acid groups (broad SMARTS) is 1. The lowest BCUT2D eigenvalue weighted by atomic mass is 10.1. The van der Waals surface area contributed by atoms with Gasteiger partial charge in [0, 0.05) is 30.6 Å². The first kappa shape index (κ1) is 27.6. The van der Waals surface area contributed by atoms with Gasteiger partial charge in [0.05, 0.1) is 5.69 Å². The molecule has 1 heterocycles. The number of fused-ring (bicyclic) bond motifs is 1. The van der Waals surface area contributed by atoms with Gasteiger partial charge in [0.15, 0.2) is 6.61 Å². The van der Waals surface area contributed by atoms with Gasteiger partial charge in [-0.25, -0.2) is 4.79 Å². The number of aliphatic carboxylic acids is 1. The number of benzene rings is 3. The molecule has 4 N–H and O–H groups in total. The highest BCUT2D eigenvalue weighted by Gasteiger charge is 2.38. The van der Waals surface area contributed by atoms with Gasteiger partial charge in [-0.05, 0) is 47.4 Å². The van der Waals surface area contributed by atoms with Gasteiger partial charge in [-0.15, -0.1) is 0 Å². The van der Waals surface area contributed by atoms with Crippen molar-refractivity contribution < 1.29 is 37.4 Å². The molecule has 0 spiro atoms. The van der Waals surface area contributed by atoms with Crippen LogP contribution >= 0.6 is 0 Å². The fourth-order valence-corrected chi connectivity index (χ4v) is 4.04. The Labute approximate surface area is 222 Å². The van der Waals surface area contributed by atoms with Gasteiger partial charge in [-0.2, -0.15) is 13.2 Å². The van der Waals surface area contributed by atoms with Crippen LogP contribution in [0.4, 0.5) is 18.9 Å². The van der Waals surface area contributed by atoms with Crippen LogP contribution in [0.1, 0.15) is 39.4 Å². The molecule has 2 amide bonds. The molecule has 3 aromatic rings. The third-order valence-corrected chi connectivity index (χ3v) is 6.18. The van der Waals surface area contributed by atoms with Crippen molar-refractivity contribution in [2.75, 3.05) is 11.9 Å². The Bertz CT molecular complexity index is 1330. The Balaban J connectivity index is 0.000000448. The predicted molar refractivity (Wildman–Crippen MR) is 136 cm³/mol. The maximum Gasteiger partial charge on any atom is 0.490 e. The lowest BCUT2D eigenvalue weighted by molar-refractivity contribution is -0.192. The summed E-state index contributed by atoms with van der Waals surface area (Å²) in [4.78, 5) is 32.8. The van der Waals surface area contributed by atoms with Crippen molar-refractivity contribution >= 4 is 23.5 Å². The number of halogens is 3. The summed E-state index contributed by atoms with van der Waals surface area (Å²) in [6.45, 7) is 1.32. The van der Waals surface area contributed by atoms with Gasteiger partial charge in [0.25, 0.3) is 11.8 Å². The molecule has 0 bridgehead atoms. The zero-order valence-corrected chi connectivity index (χ0v) is 20.6. The number of nitrogens with one attached hydrogen (secondary N) is 3. The minimum Gasteiger partial charge on any atom is -0.482 e. The number of carbonyl (C=O) groups excluding carboxylic acids is 2. The largest absolute Gasteiger partial charge is 0.490 e. The first-order chi connectivity index (χ1) is 18.6. The molecule has 5 rings (SSSR count). The molecule has 0 aromatic heterocycles. The van der Waals surface area contributed by atoms with E-state index in [-0.39, 0.29) is 18.4 Å². The molecule has 2 aliphatic rings. The molecule has 0 unspecified atom stereocenters. The van der Waals surface area contributed by atoms with E-state index in [1.165, 1.54) is 5.56 Å². The number of alkyl halides is 3. The molecule has 3 aromatic carbocycles. The highest BCUT2D eigenvalue weighted by molar-refractivity contribution is 5.95. The topological polar surface area (TPSA) is 117 Å². The molecular formula is C28H26F3N3O5. The van der Waals surface area contributed by atoms with Crippen molar-refractivity contribution in [2.24, 2.45) is 0 Å². The van der Waals surface area contributed by atoms with E-state index in [1.54, 1.807) is 0 Å². The molecule has 8 nitrogen and oxygen atoms in total. The van der Waals surface area contributed by atoms with Crippen molar-refractivity contribution in [3.63, 3.8) is 0 Å². The maximum absolute atomic E-state index is 12.4. The van der Waals surface area contributed by atoms with Crippen molar-refractivity contribution in [3.8, 4) is 5.75 Å². The zero-order valence-electron chi connectivity index (χ0n) is 20.6. The van der Waals surface area contributed by atoms with Gasteiger partial charge in [0.1, 0.15) is 5.75 Å². The van der Waals surface area contributed by atoms with Gasteiger partial charge in [-0.1, -0.05) is 48.5 Å². The number of anilines is 1. The third-order valence-electron chi connectivity index (χ3n) is 6.18. The SMILES string of the molecule is O=C(O)C(F)(F)F.O=C1COc2ccc(CN[C@@H]3C[C@H]3c3ccc(C(=O)NCc4ccccc4)cc3)cc2N1. The normalized spacial score (nSPS) is 17.5. The van der Waals surface area contributed by atoms with E-state index in [2.05, 4.69) is 28.1 Å². The Morgan fingerprint density at radius 2 is 1.67 bits per heavy atom. The van der Waals surface area contributed by atoms with Gasteiger partial charge in [-0.3, -0.25) is 9.59 Å². The van der Waals surface area contributed by atoms with Crippen molar-refractivity contribution in [3.05, 3.63) is 95.1 Å². The quantitative estimate of drug-likeness (QED) is 0.356. The molecule has 204 valence electrons. The second-order valence-electron chi connectivity index (χ2n) is 9.09. The summed E-state index contributed by atoms with van der Waals surface area (Å²) in [6, 6.07) is 24.1. The Morgan fingerprint density at radius 1 is 0.974 bits per heavy atom. The molecule has 1 aliphatic heterocycles. The highest BCUT2D eigenvalue weighted by Crippen LogP contribution is 2.41. The predicted octanol–water partition coefficient (Wildman–Crippen LogP) is 4.23. The monoisotopic (exact) mass is 541 g/mol. The molecule has 1 fully saturated rings. The maximum atomic E-state index is 12.4. The van der Waals surface area contributed by atoms with E-state index in [0.717, 1.165) is 29.8 Å². The van der Waals surface area contributed by atoms with Crippen LogP contribution < -0.4 is 20.7 Å². The van der Waals surface area contributed by atoms with Gasteiger partial charge < -0.3 is 25.8 Å². The van der Waals surface area contributed by atoms with E-state index in [4.69, 9.17) is 14.6 Å². The van der Waals surface area contributed by atoms with E-state index < -0.39 is 12.1 Å². The van der Waals surface area contributed by atoms with Crippen molar-refractivity contribution in [2.45, 2.75) is 37.6 Å². The van der Waals surface area contributed by atoms with Crippen molar-refractivity contribution in [1.29, 1.82) is 0 Å². The summed E-state index contributed by atoms with van der Waals surface area (Å²) in [6.07, 6.45) is -4.01. The molecule has 1 aliphatic carbocycles. The average Bonchev–Trinajstić information content (AvgIpc) is 3.70. The zero-order chi connectivity index (χ0) is 28.0. The minimum atomic E-state index is -5.08.